The van der Waals surface area contributed by atoms with Crippen molar-refractivity contribution in [1.29, 1.82) is 0 Å². The van der Waals surface area contributed by atoms with Crippen molar-refractivity contribution < 1.29 is 0 Å². The Labute approximate surface area is 413 Å². The van der Waals surface area contributed by atoms with Gasteiger partial charge in [0.05, 0.1) is 5.41 Å². The van der Waals surface area contributed by atoms with Crippen LogP contribution in [0, 0.1) is 0 Å². The van der Waals surface area contributed by atoms with Crippen molar-refractivity contribution in [1.82, 2.24) is 0 Å². The zero-order valence-electron chi connectivity index (χ0n) is 38.9. The smallest absolute Gasteiger partial charge is 0.0619 e. The minimum absolute atomic E-state index is 0.413. The molecule has 1 spiro atoms. The molecule has 0 amide bonds. The van der Waals surface area contributed by atoms with Crippen LogP contribution in [0.2, 0.25) is 0 Å². The van der Waals surface area contributed by atoms with Gasteiger partial charge in [0.2, 0.25) is 0 Å². The Kier molecular flexibility index (Phi) is 8.68. The van der Waals surface area contributed by atoms with Gasteiger partial charge in [0.1, 0.15) is 0 Å². The highest BCUT2D eigenvalue weighted by atomic mass is 14.5. The lowest BCUT2D eigenvalue weighted by Gasteiger charge is -2.31. The number of rotatable bonds is 5. The summed E-state index contributed by atoms with van der Waals surface area (Å²) in [7, 11) is 0. The van der Waals surface area contributed by atoms with Crippen molar-refractivity contribution in [2.75, 3.05) is 0 Å². The van der Waals surface area contributed by atoms with E-state index in [2.05, 4.69) is 267 Å². The Hall–Kier alpha value is -9.10. The van der Waals surface area contributed by atoms with Gasteiger partial charge in [-0.25, -0.2) is 0 Å². The van der Waals surface area contributed by atoms with Crippen molar-refractivity contribution in [2.45, 2.75) is 5.41 Å². The largest absolute Gasteiger partial charge is 0.0725 e. The highest BCUT2D eigenvalue weighted by molar-refractivity contribution is 6.24. The van der Waals surface area contributed by atoms with Crippen molar-refractivity contribution >= 4 is 66.0 Å². The molecule has 0 bridgehead atoms. The molecule has 0 atom stereocenters. The predicted molar refractivity (Wildman–Crippen MR) is 302 cm³/mol. The zero-order chi connectivity index (χ0) is 46.6. The molecule has 13 aromatic carbocycles. The first kappa shape index (κ1) is 39.9. The molecule has 0 saturated carbocycles. The Morgan fingerprint density at radius 1 is 0.225 bits per heavy atom. The normalized spacial score (nSPS) is 13.1. The second-order valence-electron chi connectivity index (χ2n) is 19.3. The number of hydrogen-bond acceptors (Lipinski definition) is 0. The van der Waals surface area contributed by atoms with Gasteiger partial charge in [0.15, 0.2) is 0 Å². The van der Waals surface area contributed by atoms with E-state index in [0.29, 0.717) is 0 Å². The van der Waals surface area contributed by atoms with Crippen LogP contribution in [-0.4, -0.2) is 0 Å². The molecule has 0 saturated heterocycles. The molecule has 0 aliphatic heterocycles. The zero-order valence-corrected chi connectivity index (χ0v) is 38.9. The topological polar surface area (TPSA) is 0 Å². The summed E-state index contributed by atoms with van der Waals surface area (Å²) in [6.07, 6.45) is 4.61. The van der Waals surface area contributed by atoms with E-state index in [-0.39, 0.29) is 0 Å². The van der Waals surface area contributed by atoms with Crippen LogP contribution in [-0.2, 0) is 5.41 Å². The predicted octanol–water partition coefficient (Wildman–Crippen LogP) is 19.0. The molecule has 0 nitrogen and oxygen atoms in total. The first-order chi connectivity index (χ1) is 35.3. The van der Waals surface area contributed by atoms with E-state index in [1.807, 2.05) is 0 Å². The molecule has 0 heterocycles. The van der Waals surface area contributed by atoms with Gasteiger partial charge in [0, 0.05) is 0 Å². The number of hydrogen-bond donors (Lipinski definition) is 0. The molecule has 71 heavy (non-hydrogen) atoms. The molecule has 2 aliphatic carbocycles. The van der Waals surface area contributed by atoms with Gasteiger partial charge in [-0.1, -0.05) is 261 Å². The maximum atomic E-state index is 2.54. The van der Waals surface area contributed by atoms with Crippen LogP contribution in [0.25, 0.3) is 122 Å². The third kappa shape index (κ3) is 5.68. The minimum Gasteiger partial charge on any atom is -0.0619 e. The van der Waals surface area contributed by atoms with Gasteiger partial charge in [-0.3, -0.25) is 0 Å². The molecule has 0 heteroatoms. The molecular weight excluding hydrogens is 853 g/mol. The first-order valence-electron chi connectivity index (χ1n) is 24.8. The van der Waals surface area contributed by atoms with Crippen molar-refractivity contribution in [3.63, 3.8) is 0 Å². The van der Waals surface area contributed by atoms with Crippen LogP contribution in [0.5, 0.6) is 0 Å². The Morgan fingerprint density at radius 3 is 1.15 bits per heavy atom. The Morgan fingerprint density at radius 2 is 0.592 bits per heavy atom. The molecule has 328 valence electrons. The number of benzene rings is 13. The third-order valence-electron chi connectivity index (χ3n) is 15.9. The molecule has 0 aromatic heterocycles. The summed E-state index contributed by atoms with van der Waals surface area (Å²) in [5.74, 6) is 0. The third-order valence-corrected chi connectivity index (χ3v) is 15.9. The molecule has 0 radical (unpaired) electrons. The molecule has 2 aliphatic rings. The summed E-state index contributed by atoms with van der Waals surface area (Å²) in [4.78, 5) is 0. The maximum absolute atomic E-state index is 2.54. The fraction of sp³-hybridized carbons (Fsp3) is 0.0141. The van der Waals surface area contributed by atoms with Gasteiger partial charge >= 0.3 is 0 Å². The van der Waals surface area contributed by atoms with Crippen LogP contribution >= 0.6 is 0 Å². The lowest BCUT2D eigenvalue weighted by atomic mass is 9.70. The lowest BCUT2D eigenvalue weighted by Crippen LogP contribution is -2.25. The summed E-state index contributed by atoms with van der Waals surface area (Å²) in [5.41, 5.74) is 20.2. The van der Waals surface area contributed by atoms with Crippen LogP contribution in [0.1, 0.15) is 33.4 Å². The standard InChI is InChI=1S/C71H44/c1-2-20-49-45(18-1)19-17-32-53(49)55-41-38-46(50-21-3-5-23-52(50)55)36-37-47-39-43-64(54-24-6-4-22-51(47)54)70-62-30-9-7-28-60(62)69(61-29-8-10-31-63(61)70)48-40-42-59-58-27-13-16-35-67(58)71(68(59)44-48)65-33-14-11-25-56(65)57-26-12-15-34-66(57)71/h1-44H. The summed E-state index contributed by atoms with van der Waals surface area (Å²) >= 11 is 0. The van der Waals surface area contributed by atoms with Gasteiger partial charge in [-0.05, 0) is 149 Å². The summed E-state index contributed by atoms with van der Waals surface area (Å²) < 4.78 is 0. The Bertz CT molecular complexity index is 4280. The van der Waals surface area contributed by atoms with E-state index in [4.69, 9.17) is 0 Å². The van der Waals surface area contributed by atoms with Crippen molar-refractivity contribution in [3.05, 3.63) is 288 Å². The molecule has 15 rings (SSSR count). The van der Waals surface area contributed by atoms with E-state index in [0.717, 1.165) is 0 Å². The maximum Gasteiger partial charge on any atom is 0.0725 e. The number of fused-ring (bicyclic) bond motifs is 15. The monoisotopic (exact) mass is 896 g/mol. The summed E-state index contributed by atoms with van der Waals surface area (Å²) in [6, 6.07) is 95.2. The summed E-state index contributed by atoms with van der Waals surface area (Å²) in [5, 5.41) is 12.5. The quantitative estimate of drug-likeness (QED) is 0.119. The van der Waals surface area contributed by atoms with Crippen molar-refractivity contribution in [3.8, 4) is 55.6 Å². The van der Waals surface area contributed by atoms with Gasteiger partial charge in [-0.15, -0.1) is 0 Å². The van der Waals surface area contributed by atoms with Gasteiger partial charge in [0.25, 0.3) is 0 Å². The Balaban J connectivity index is 0.893. The van der Waals surface area contributed by atoms with E-state index in [1.54, 1.807) is 0 Å². The fourth-order valence-electron chi connectivity index (χ4n) is 13.0. The molecule has 0 N–H and O–H groups in total. The van der Waals surface area contributed by atoms with Gasteiger partial charge in [-0.2, -0.15) is 0 Å². The van der Waals surface area contributed by atoms with E-state index >= 15 is 0 Å². The highest BCUT2D eigenvalue weighted by Crippen LogP contribution is 2.63. The van der Waals surface area contributed by atoms with E-state index < -0.39 is 5.41 Å². The highest BCUT2D eigenvalue weighted by Gasteiger charge is 2.51. The first-order valence-corrected chi connectivity index (χ1v) is 24.8. The SMILES string of the molecule is C(=Cc1ccc(-c2c3ccccc3c(-c3ccc4c(c3)C3(c5ccccc5-c5ccccc53)c3ccccc3-4)c3ccccc23)c2ccccc12)c1ccc(-c2cccc3ccccc23)c2ccccc12. The van der Waals surface area contributed by atoms with Crippen LogP contribution in [0.15, 0.2) is 255 Å². The average molecular weight is 897 g/mol. The van der Waals surface area contributed by atoms with E-state index in [9.17, 15) is 0 Å². The summed E-state index contributed by atoms with van der Waals surface area (Å²) in [6.45, 7) is 0. The average Bonchev–Trinajstić information content (AvgIpc) is 3.92. The molecule has 0 fully saturated rings. The van der Waals surface area contributed by atoms with Crippen LogP contribution < -0.4 is 0 Å². The van der Waals surface area contributed by atoms with Crippen molar-refractivity contribution in [2.24, 2.45) is 0 Å². The van der Waals surface area contributed by atoms with Crippen LogP contribution in [0.4, 0.5) is 0 Å². The minimum atomic E-state index is -0.413. The van der Waals surface area contributed by atoms with E-state index in [1.165, 1.54) is 143 Å². The lowest BCUT2D eigenvalue weighted by molar-refractivity contribution is 0.794. The molecular formula is C71H44. The second kappa shape index (κ2) is 15.5. The molecule has 13 aromatic rings. The fourth-order valence-corrected chi connectivity index (χ4v) is 13.0. The molecule has 0 unspecified atom stereocenters. The van der Waals surface area contributed by atoms with Gasteiger partial charge < -0.3 is 0 Å². The second-order valence-corrected chi connectivity index (χ2v) is 19.3. The van der Waals surface area contributed by atoms with Crippen LogP contribution in [0.3, 0.4) is 0 Å².